The van der Waals surface area contributed by atoms with Gasteiger partial charge in [-0.05, 0) is 34.1 Å². The molecule has 1 heterocycles. The number of carbonyl (C=O) groups excluding carboxylic acids is 1. The van der Waals surface area contributed by atoms with Crippen LogP contribution in [-0.2, 0) is 4.74 Å². The minimum Gasteiger partial charge on any atom is -0.464 e. The quantitative estimate of drug-likeness (QED) is 0.812. The van der Waals surface area contributed by atoms with Crippen molar-refractivity contribution >= 4 is 48.7 Å². The lowest BCUT2D eigenvalue weighted by Gasteiger charge is -1.95. The lowest BCUT2D eigenvalue weighted by atomic mass is 10.2. The van der Waals surface area contributed by atoms with Crippen LogP contribution in [0.25, 0.3) is 10.9 Å². The number of nitrogens with one attached hydrogen (secondary N) is 1. The van der Waals surface area contributed by atoms with Crippen LogP contribution >= 0.6 is 31.9 Å². The fraction of sp³-hybridized carbons (Fsp3) is 0.100. The van der Waals surface area contributed by atoms with E-state index in [0.29, 0.717) is 5.69 Å². The summed E-state index contributed by atoms with van der Waals surface area (Å²) in [6.07, 6.45) is 0. The third kappa shape index (κ3) is 1.81. The Morgan fingerprint density at radius 2 is 2.00 bits per heavy atom. The van der Waals surface area contributed by atoms with Crippen molar-refractivity contribution in [2.75, 3.05) is 7.11 Å². The number of halogens is 2. The third-order valence-corrected chi connectivity index (χ3v) is 3.45. The molecule has 0 aliphatic carbocycles. The number of methoxy groups -OCH3 is 1. The summed E-state index contributed by atoms with van der Waals surface area (Å²) in [5.74, 6) is -0.370. The molecule has 0 spiro atoms. The topological polar surface area (TPSA) is 42.1 Å². The molecule has 1 N–H and O–H groups in total. The first-order valence-corrected chi connectivity index (χ1v) is 5.77. The molecule has 3 nitrogen and oxygen atoms in total. The zero-order valence-corrected chi connectivity index (χ0v) is 11.0. The highest BCUT2D eigenvalue weighted by Gasteiger charge is 2.12. The molecule has 0 fully saturated rings. The zero-order chi connectivity index (χ0) is 11.0. The molecular weight excluding hydrogens is 326 g/mol. The molecule has 0 atom stereocenters. The highest BCUT2D eigenvalue weighted by atomic mass is 79.9. The second-order valence-electron chi connectivity index (χ2n) is 2.99. The molecule has 0 bridgehead atoms. The Balaban J connectivity index is 2.70. The van der Waals surface area contributed by atoms with Gasteiger partial charge in [-0.15, -0.1) is 0 Å². The summed E-state index contributed by atoms with van der Waals surface area (Å²) in [6.45, 7) is 0. The van der Waals surface area contributed by atoms with Gasteiger partial charge in [-0.3, -0.25) is 0 Å². The van der Waals surface area contributed by atoms with Crippen LogP contribution in [0.5, 0.6) is 0 Å². The van der Waals surface area contributed by atoms with E-state index in [0.717, 1.165) is 19.8 Å². The van der Waals surface area contributed by atoms with Gasteiger partial charge in [-0.2, -0.15) is 0 Å². The maximum Gasteiger partial charge on any atom is 0.354 e. The second kappa shape index (κ2) is 3.98. The molecule has 78 valence electrons. The van der Waals surface area contributed by atoms with Gasteiger partial charge in [-0.25, -0.2) is 4.79 Å². The van der Waals surface area contributed by atoms with Crippen molar-refractivity contribution in [3.8, 4) is 0 Å². The number of aromatic amines is 1. The van der Waals surface area contributed by atoms with E-state index < -0.39 is 0 Å². The van der Waals surface area contributed by atoms with Crippen LogP contribution in [-0.4, -0.2) is 18.1 Å². The Morgan fingerprint density at radius 1 is 1.33 bits per heavy atom. The smallest absolute Gasteiger partial charge is 0.354 e. The minimum absolute atomic E-state index is 0.370. The number of benzene rings is 1. The number of carbonyl (C=O) groups is 1. The summed E-state index contributed by atoms with van der Waals surface area (Å²) in [5, 5.41) is 0.949. The molecule has 15 heavy (non-hydrogen) atoms. The number of H-pyrrole nitrogens is 1. The lowest BCUT2D eigenvalue weighted by molar-refractivity contribution is 0.0595. The lowest BCUT2D eigenvalue weighted by Crippen LogP contribution is -2.00. The largest absolute Gasteiger partial charge is 0.464 e. The maximum atomic E-state index is 11.3. The number of ether oxygens (including phenoxy) is 1. The molecule has 0 aliphatic heterocycles. The summed E-state index contributed by atoms with van der Waals surface area (Å²) in [6, 6.07) is 5.58. The first kappa shape index (κ1) is 10.7. The summed E-state index contributed by atoms with van der Waals surface area (Å²) >= 11 is 6.83. The predicted molar refractivity (Wildman–Crippen MR) is 65.0 cm³/mol. The molecule has 0 radical (unpaired) electrons. The summed E-state index contributed by atoms with van der Waals surface area (Å²) < 4.78 is 6.49. The standard InChI is InChI=1S/C10H7Br2NO2/c1-15-10(14)8-4-5-6(11)2-3-7(12)9(5)13-8/h2-4,13H,1H3. The van der Waals surface area contributed by atoms with Crippen LogP contribution in [0.4, 0.5) is 0 Å². The van der Waals surface area contributed by atoms with Crippen molar-refractivity contribution in [3.63, 3.8) is 0 Å². The van der Waals surface area contributed by atoms with E-state index in [4.69, 9.17) is 0 Å². The van der Waals surface area contributed by atoms with Gasteiger partial charge in [0.2, 0.25) is 0 Å². The van der Waals surface area contributed by atoms with Crippen molar-refractivity contribution in [1.29, 1.82) is 0 Å². The monoisotopic (exact) mass is 331 g/mol. The average Bonchev–Trinajstić information content (AvgIpc) is 2.68. The van der Waals surface area contributed by atoms with Crippen molar-refractivity contribution in [2.24, 2.45) is 0 Å². The Kier molecular flexibility index (Phi) is 2.84. The molecule has 0 saturated carbocycles. The van der Waals surface area contributed by atoms with Crippen LogP contribution in [0, 0.1) is 0 Å². The maximum absolute atomic E-state index is 11.3. The Bertz CT molecular complexity index is 494. The van der Waals surface area contributed by atoms with Gasteiger partial charge in [-0.1, -0.05) is 15.9 Å². The van der Waals surface area contributed by atoms with Crippen molar-refractivity contribution in [2.45, 2.75) is 0 Å². The summed E-state index contributed by atoms with van der Waals surface area (Å²) in [7, 11) is 1.36. The molecular formula is C10H7Br2NO2. The van der Waals surface area contributed by atoms with Crippen LogP contribution in [0.3, 0.4) is 0 Å². The molecule has 1 aromatic heterocycles. The highest BCUT2D eigenvalue weighted by molar-refractivity contribution is 9.11. The normalized spacial score (nSPS) is 10.6. The van der Waals surface area contributed by atoms with Gasteiger partial charge >= 0.3 is 5.97 Å². The highest BCUT2D eigenvalue weighted by Crippen LogP contribution is 2.30. The molecule has 0 amide bonds. The van der Waals surface area contributed by atoms with E-state index in [2.05, 4.69) is 41.6 Å². The van der Waals surface area contributed by atoms with Crippen molar-refractivity contribution < 1.29 is 9.53 Å². The van der Waals surface area contributed by atoms with Gasteiger partial charge in [0.15, 0.2) is 0 Å². The third-order valence-electron chi connectivity index (χ3n) is 2.10. The van der Waals surface area contributed by atoms with Crippen LogP contribution in [0.2, 0.25) is 0 Å². The Hall–Kier alpha value is -0.810. The van der Waals surface area contributed by atoms with Gasteiger partial charge < -0.3 is 9.72 Å². The van der Waals surface area contributed by atoms with E-state index in [9.17, 15) is 4.79 Å². The fourth-order valence-corrected chi connectivity index (χ4v) is 2.26. The number of hydrogen-bond donors (Lipinski definition) is 1. The second-order valence-corrected chi connectivity index (χ2v) is 4.70. The molecule has 0 saturated heterocycles. The van der Waals surface area contributed by atoms with E-state index in [-0.39, 0.29) is 5.97 Å². The molecule has 5 heteroatoms. The predicted octanol–water partition coefficient (Wildman–Crippen LogP) is 3.48. The fourth-order valence-electron chi connectivity index (χ4n) is 1.37. The van der Waals surface area contributed by atoms with E-state index in [1.54, 1.807) is 6.07 Å². The molecule has 0 aliphatic rings. The molecule has 0 unspecified atom stereocenters. The van der Waals surface area contributed by atoms with E-state index in [1.807, 2.05) is 12.1 Å². The van der Waals surface area contributed by atoms with Gasteiger partial charge in [0.25, 0.3) is 0 Å². The molecule has 2 aromatic rings. The molecule has 2 rings (SSSR count). The van der Waals surface area contributed by atoms with E-state index in [1.165, 1.54) is 7.11 Å². The Labute approximate surface area is 103 Å². The first-order chi connectivity index (χ1) is 7.13. The summed E-state index contributed by atoms with van der Waals surface area (Å²) in [4.78, 5) is 14.3. The Morgan fingerprint density at radius 3 is 2.60 bits per heavy atom. The van der Waals surface area contributed by atoms with Gasteiger partial charge in [0, 0.05) is 14.3 Å². The average molecular weight is 333 g/mol. The van der Waals surface area contributed by atoms with Crippen molar-refractivity contribution in [1.82, 2.24) is 4.98 Å². The molecule has 1 aromatic carbocycles. The number of esters is 1. The number of fused-ring (bicyclic) bond motifs is 1. The van der Waals surface area contributed by atoms with Gasteiger partial charge in [0.05, 0.1) is 12.6 Å². The SMILES string of the molecule is COC(=O)c1cc2c(Br)ccc(Br)c2[nH]1. The van der Waals surface area contributed by atoms with Crippen LogP contribution < -0.4 is 0 Å². The zero-order valence-electron chi connectivity index (χ0n) is 7.80. The van der Waals surface area contributed by atoms with E-state index >= 15 is 0 Å². The van der Waals surface area contributed by atoms with Crippen LogP contribution in [0.15, 0.2) is 27.1 Å². The van der Waals surface area contributed by atoms with Crippen molar-refractivity contribution in [3.05, 3.63) is 32.8 Å². The number of aromatic nitrogens is 1. The number of rotatable bonds is 1. The minimum atomic E-state index is -0.370. The van der Waals surface area contributed by atoms with Crippen LogP contribution in [0.1, 0.15) is 10.5 Å². The summed E-state index contributed by atoms with van der Waals surface area (Å²) in [5.41, 5.74) is 1.32. The first-order valence-electron chi connectivity index (χ1n) is 4.18. The van der Waals surface area contributed by atoms with Gasteiger partial charge in [0.1, 0.15) is 5.69 Å². The number of hydrogen-bond acceptors (Lipinski definition) is 2.